The average molecular weight is 282 g/mol. The Morgan fingerprint density at radius 1 is 1.16 bits per heavy atom. The van der Waals surface area contributed by atoms with Crippen molar-refractivity contribution in [2.24, 2.45) is 0 Å². The summed E-state index contributed by atoms with van der Waals surface area (Å²) < 4.78 is 0. The third-order valence-corrected chi connectivity index (χ3v) is 3.64. The molecule has 0 spiro atoms. The van der Waals surface area contributed by atoms with E-state index in [0.29, 0.717) is 0 Å². The number of aromatic nitrogens is 2. The number of halogens is 1. The van der Waals surface area contributed by atoms with Crippen LogP contribution in [0.2, 0.25) is 0 Å². The van der Waals surface area contributed by atoms with Crippen LogP contribution >= 0.6 is 12.4 Å². The van der Waals surface area contributed by atoms with Gasteiger partial charge in [-0.2, -0.15) is 0 Å². The van der Waals surface area contributed by atoms with E-state index < -0.39 is 11.1 Å². The van der Waals surface area contributed by atoms with Gasteiger partial charge in [-0.3, -0.25) is 9.59 Å². The molecule has 2 heterocycles. The molecule has 1 aromatic carbocycles. The van der Waals surface area contributed by atoms with E-state index in [4.69, 9.17) is 0 Å². The summed E-state index contributed by atoms with van der Waals surface area (Å²) in [5.74, 6) is 0. The highest BCUT2D eigenvalue weighted by Crippen LogP contribution is 2.26. The largest absolute Gasteiger partial charge is 0.316 e. The summed E-state index contributed by atoms with van der Waals surface area (Å²) >= 11 is 0. The highest BCUT2D eigenvalue weighted by Gasteiger charge is 2.19. The Hall–Kier alpha value is -1.59. The van der Waals surface area contributed by atoms with Crippen molar-refractivity contribution < 1.29 is 0 Å². The van der Waals surface area contributed by atoms with E-state index in [1.54, 1.807) is 0 Å². The van der Waals surface area contributed by atoms with Gasteiger partial charge in [-0.25, -0.2) is 0 Å². The molecule has 0 radical (unpaired) electrons. The first kappa shape index (κ1) is 13.8. The Bertz CT molecular complexity index is 748. The van der Waals surface area contributed by atoms with Crippen molar-refractivity contribution >= 4 is 23.4 Å². The van der Waals surface area contributed by atoms with Gasteiger partial charge in [0.2, 0.25) is 0 Å². The number of fused-ring (bicyclic) bond motifs is 3. The maximum absolute atomic E-state index is 11.5. The van der Waals surface area contributed by atoms with Gasteiger partial charge in [0.05, 0.1) is 11.0 Å². The Labute approximate surface area is 116 Å². The van der Waals surface area contributed by atoms with Gasteiger partial charge in [-0.1, -0.05) is 0 Å². The number of H-pyrrole nitrogens is 2. The molecular weight excluding hydrogens is 266 g/mol. The van der Waals surface area contributed by atoms with Gasteiger partial charge in [-0.15, -0.1) is 12.4 Å². The summed E-state index contributed by atoms with van der Waals surface area (Å²) in [6, 6.07) is 1.94. The summed E-state index contributed by atoms with van der Waals surface area (Å²) in [6.45, 7) is 3.89. The normalized spacial score (nSPS) is 15.1. The molecule has 0 saturated heterocycles. The number of nitrogens with zero attached hydrogens (tertiary/aromatic N) is 1. The van der Waals surface area contributed by atoms with Crippen LogP contribution in [0.3, 0.4) is 0 Å². The maximum atomic E-state index is 11.5. The highest BCUT2D eigenvalue weighted by molar-refractivity contribution is 5.85. The zero-order valence-electron chi connectivity index (χ0n) is 10.9. The van der Waals surface area contributed by atoms with Crippen LogP contribution in [0.5, 0.6) is 0 Å². The molecule has 3 rings (SSSR count). The third kappa shape index (κ3) is 2.19. The van der Waals surface area contributed by atoms with Crippen molar-refractivity contribution in [2.75, 3.05) is 13.6 Å². The number of hydrogen-bond donors (Lipinski definition) is 2. The third-order valence-electron chi connectivity index (χ3n) is 3.64. The molecule has 1 aliphatic rings. The molecule has 1 aromatic heterocycles. The molecule has 6 heteroatoms. The van der Waals surface area contributed by atoms with Gasteiger partial charge in [0.15, 0.2) is 0 Å². The van der Waals surface area contributed by atoms with E-state index in [2.05, 4.69) is 21.9 Å². The summed E-state index contributed by atoms with van der Waals surface area (Å²) in [7, 11) is 2.09. The fraction of sp³-hybridized carbons (Fsp3) is 0.385. The first-order chi connectivity index (χ1) is 8.56. The first-order valence-electron chi connectivity index (χ1n) is 6.02. The molecule has 0 bridgehead atoms. The van der Waals surface area contributed by atoms with Crippen LogP contribution in [0.25, 0.3) is 11.0 Å². The molecule has 102 valence electrons. The monoisotopic (exact) mass is 281 g/mol. The predicted molar refractivity (Wildman–Crippen MR) is 77.2 cm³/mol. The molecular formula is C13H16ClN3O2. The molecule has 2 aromatic rings. The van der Waals surface area contributed by atoms with Crippen LogP contribution in [0.1, 0.15) is 16.7 Å². The van der Waals surface area contributed by atoms with Crippen molar-refractivity contribution in [3.63, 3.8) is 0 Å². The number of benzene rings is 1. The van der Waals surface area contributed by atoms with Crippen LogP contribution in [0.15, 0.2) is 15.7 Å². The number of hydrogen-bond acceptors (Lipinski definition) is 3. The second-order valence-corrected chi connectivity index (χ2v) is 4.97. The van der Waals surface area contributed by atoms with Crippen LogP contribution in [0.4, 0.5) is 0 Å². The quantitative estimate of drug-likeness (QED) is 0.706. The van der Waals surface area contributed by atoms with Gasteiger partial charge in [0.1, 0.15) is 0 Å². The zero-order chi connectivity index (χ0) is 12.9. The topological polar surface area (TPSA) is 69.0 Å². The van der Waals surface area contributed by atoms with E-state index in [9.17, 15) is 9.59 Å². The summed E-state index contributed by atoms with van der Waals surface area (Å²) in [4.78, 5) is 30.4. The van der Waals surface area contributed by atoms with Gasteiger partial charge in [-0.05, 0) is 43.1 Å². The van der Waals surface area contributed by atoms with E-state index >= 15 is 0 Å². The number of rotatable bonds is 0. The maximum Gasteiger partial charge on any atom is 0.314 e. The number of nitrogens with one attached hydrogen (secondary N) is 2. The lowest BCUT2D eigenvalue weighted by atomic mass is 9.94. The summed E-state index contributed by atoms with van der Waals surface area (Å²) in [5, 5.41) is 0. The Morgan fingerprint density at radius 2 is 1.84 bits per heavy atom. The lowest BCUT2D eigenvalue weighted by molar-refractivity contribution is 0.313. The van der Waals surface area contributed by atoms with E-state index in [1.165, 1.54) is 5.56 Å². The second-order valence-electron chi connectivity index (χ2n) is 4.97. The van der Waals surface area contributed by atoms with E-state index in [-0.39, 0.29) is 12.4 Å². The summed E-state index contributed by atoms with van der Waals surface area (Å²) in [5.41, 5.74) is 3.93. The number of aryl methyl sites for hydroxylation is 1. The smallest absolute Gasteiger partial charge is 0.314 e. The fourth-order valence-electron chi connectivity index (χ4n) is 2.67. The van der Waals surface area contributed by atoms with Crippen molar-refractivity contribution in [3.05, 3.63) is 43.5 Å². The number of aromatic amines is 2. The lowest BCUT2D eigenvalue weighted by Gasteiger charge is -2.27. The van der Waals surface area contributed by atoms with Crippen molar-refractivity contribution in [2.45, 2.75) is 19.9 Å². The Morgan fingerprint density at radius 3 is 2.58 bits per heavy atom. The van der Waals surface area contributed by atoms with Crippen LogP contribution in [-0.4, -0.2) is 28.5 Å². The molecule has 0 unspecified atom stereocenters. The van der Waals surface area contributed by atoms with Crippen molar-refractivity contribution in [3.8, 4) is 0 Å². The average Bonchev–Trinajstić information content (AvgIpc) is 2.32. The van der Waals surface area contributed by atoms with Crippen molar-refractivity contribution in [1.29, 1.82) is 0 Å². The van der Waals surface area contributed by atoms with Gasteiger partial charge in [0.25, 0.3) is 0 Å². The van der Waals surface area contributed by atoms with Crippen LogP contribution < -0.4 is 11.1 Å². The lowest BCUT2D eigenvalue weighted by Crippen LogP contribution is -2.31. The minimum atomic E-state index is -0.588. The van der Waals surface area contributed by atoms with Gasteiger partial charge in [0, 0.05) is 13.1 Å². The van der Waals surface area contributed by atoms with Gasteiger partial charge < -0.3 is 14.9 Å². The van der Waals surface area contributed by atoms with Crippen LogP contribution in [0, 0.1) is 6.92 Å². The Kier molecular flexibility index (Phi) is 3.52. The van der Waals surface area contributed by atoms with Crippen molar-refractivity contribution in [1.82, 2.24) is 14.9 Å². The van der Waals surface area contributed by atoms with Crippen LogP contribution in [-0.2, 0) is 13.0 Å². The van der Waals surface area contributed by atoms with E-state index in [1.807, 2.05) is 13.0 Å². The standard InChI is InChI=1S/C13H15N3O2.ClH/c1-7-5-10-11(15-13(18)12(17)14-10)8-3-4-16(2)6-9(7)8;/h5H,3-4,6H2,1-2H3,(H,14,17)(H,15,18);1H. The highest BCUT2D eigenvalue weighted by atomic mass is 35.5. The first-order valence-corrected chi connectivity index (χ1v) is 6.02. The molecule has 0 atom stereocenters. The minimum Gasteiger partial charge on any atom is -0.316 e. The second kappa shape index (κ2) is 4.83. The van der Waals surface area contributed by atoms with E-state index in [0.717, 1.165) is 41.7 Å². The summed E-state index contributed by atoms with van der Waals surface area (Å²) in [6.07, 6.45) is 0.895. The zero-order valence-corrected chi connectivity index (χ0v) is 11.7. The molecule has 0 aliphatic carbocycles. The minimum absolute atomic E-state index is 0. The molecule has 0 amide bonds. The Balaban J connectivity index is 0.00000133. The molecule has 0 saturated carbocycles. The van der Waals surface area contributed by atoms with Gasteiger partial charge >= 0.3 is 11.1 Å². The molecule has 5 nitrogen and oxygen atoms in total. The fourth-order valence-corrected chi connectivity index (χ4v) is 2.67. The SMILES string of the molecule is Cc1cc2[nH]c(=O)c(=O)[nH]c2c2c1CN(C)CC2.Cl. The molecule has 0 fully saturated rings. The molecule has 19 heavy (non-hydrogen) atoms. The number of likely N-dealkylation sites (N-methyl/N-ethyl adjacent to an activating group) is 1. The molecule has 1 aliphatic heterocycles. The predicted octanol–water partition coefficient (Wildman–Crippen LogP) is 0.935. The molecule has 2 N–H and O–H groups in total.